The number of aliphatic hydroxyl groups excluding tert-OH is 4. The highest BCUT2D eigenvalue weighted by atomic mass is 31.2. The molecular formula is C42H77N15O28P4+4. The van der Waals surface area contributed by atoms with Crippen LogP contribution in [0, 0.1) is 0 Å². The molecule has 12 saturated heterocycles. The van der Waals surface area contributed by atoms with E-state index < -0.39 is 211 Å². The van der Waals surface area contributed by atoms with Crippen LogP contribution in [0.5, 0.6) is 0 Å². The second-order valence-corrected chi connectivity index (χ2v) is 28.5. The second kappa shape index (κ2) is 26.7. The number of carbonyl (C=O) groups is 4. The molecule has 12 heterocycles. The summed E-state index contributed by atoms with van der Waals surface area (Å²) in [6.07, 6.45) is -27.4. The van der Waals surface area contributed by atoms with E-state index in [0.29, 0.717) is 6.42 Å². The number of rotatable bonds is 22. The molecule has 12 aliphatic rings. The van der Waals surface area contributed by atoms with Gasteiger partial charge in [-0.2, -0.15) is 57.6 Å². The van der Waals surface area contributed by atoms with E-state index >= 15 is 0 Å². The van der Waals surface area contributed by atoms with E-state index in [1.165, 1.54) is 9.80 Å². The molecule has 24 atom stereocenters. The zero-order valence-electron chi connectivity index (χ0n) is 47.1. The normalized spacial score (nSPS) is 43.5. The first kappa shape index (κ1) is 67.2. The average Bonchev–Trinajstić information content (AvgIpc) is 2.16. The first-order valence-corrected chi connectivity index (χ1v) is 34.8. The lowest BCUT2D eigenvalue weighted by atomic mass is 10.00. The zero-order chi connectivity index (χ0) is 63.2. The van der Waals surface area contributed by atoms with Gasteiger partial charge in [-0.1, -0.05) is 6.92 Å². The molecule has 4 amide bonds. The van der Waals surface area contributed by atoms with Crippen molar-refractivity contribution in [1.82, 2.24) is 78.1 Å². The Bertz CT molecular complexity index is 2580. The van der Waals surface area contributed by atoms with Gasteiger partial charge < -0.3 is 60.6 Å². The van der Waals surface area contributed by atoms with Crippen molar-refractivity contribution in [3.8, 4) is 0 Å². The lowest BCUT2D eigenvalue weighted by Crippen LogP contribution is -2.64. The molecule has 24 unspecified atom stereocenters. The fourth-order valence-electron chi connectivity index (χ4n) is 13.5. The molecule has 0 aromatic rings. The minimum atomic E-state index is -5.36. The van der Waals surface area contributed by atoms with Crippen molar-refractivity contribution in [2.45, 2.75) is 167 Å². The van der Waals surface area contributed by atoms with Crippen LogP contribution in [0.2, 0.25) is 0 Å². The van der Waals surface area contributed by atoms with E-state index in [-0.39, 0.29) is 71.5 Å². The number of nitrogens with zero attached hydrogens (tertiary/aromatic N) is 4. The van der Waals surface area contributed by atoms with Crippen LogP contribution in [0.25, 0.3) is 0 Å². The molecule has 12 fully saturated rings. The molecule has 43 nitrogen and oxygen atoms in total. The van der Waals surface area contributed by atoms with Gasteiger partial charge in [-0.05, 0) is 12.8 Å². The van der Waals surface area contributed by atoms with Gasteiger partial charge in [-0.15, -0.1) is 18.1 Å². The van der Waals surface area contributed by atoms with Crippen LogP contribution in [-0.2, 0) is 69.8 Å². The Hall–Kier alpha value is -1.80. The van der Waals surface area contributed by atoms with Gasteiger partial charge in [0.1, 0.15) is 112 Å². The lowest BCUT2D eigenvalue weighted by Gasteiger charge is -2.35. The molecule has 0 aromatic carbocycles. The Kier molecular flexibility index (Phi) is 20.1. The third-order valence-electron chi connectivity index (χ3n) is 17.6. The van der Waals surface area contributed by atoms with Crippen molar-refractivity contribution in [2.24, 2.45) is 0 Å². The summed E-state index contributed by atoms with van der Waals surface area (Å²) < 4.78 is 63.2. The van der Waals surface area contributed by atoms with Crippen LogP contribution in [0.15, 0.2) is 0 Å². The lowest BCUT2D eigenvalue weighted by molar-refractivity contribution is -0.131. The van der Waals surface area contributed by atoms with E-state index in [4.69, 9.17) is 50.6 Å². The summed E-state index contributed by atoms with van der Waals surface area (Å²) in [5.74, 6) is -1.43. The van der Waals surface area contributed by atoms with Crippen LogP contribution in [-0.4, -0.2) is 328 Å². The summed E-state index contributed by atoms with van der Waals surface area (Å²) in [6.45, 7) is -1.01. The van der Waals surface area contributed by atoms with Crippen LogP contribution in [0.4, 0.5) is 0 Å². The highest BCUT2D eigenvalue weighted by molar-refractivity contribution is 7.55. The highest BCUT2D eigenvalue weighted by Gasteiger charge is 2.65. The Morgan fingerprint density at radius 3 is 1.11 bits per heavy atom. The van der Waals surface area contributed by atoms with Crippen molar-refractivity contribution in [3.05, 3.63) is 0 Å². The number of piperidine rings is 1. The van der Waals surface area contributed by atoms with Crippen molar-refractivity contribution in [2.75, 3.05) is 73.0 Å². The summed E-state index contributed by atoms with van der Waals surface area (Å²) in [4.78, 5) is 156. The first-order valence-electron chi connectivity index (χ1n) is 28.6. The van der Waals surface area contributed by atoms with Gasteiger partial charge in [0, 0.05) is 12.6 Å². The third-order valence-corrected chi connectivity index (χ3v) is 21.1. The van der Waals surface area contributed by atoms with Crippen LogP contribution >= 0.6 is 32.7 Å². The minimum Gasteiger partial charge on any atom is -0.386 e. The maximum atomic E-state index is 12.8. The van der Waals surface area contributed by atoms with Crippen molar-refractivity contribution < 1.29 is 134 Å². The van der Waals surface area contributed by atoms with Gasteiger partial charge >= 0.3 is 32.7 Å². The summed E-state index contributed by atoms with van der Waals surface area (Å²) in [5.41, 5.74) is 0. The quantitative estimate of drug-likeness (QED) is 0.0448. The Morgan fingerprint density at radius 2 is 0.742 bits per heavy atom. The molecule has 0 radical (unpaired) electrons. The molecule has 0 spiro atoms. The smallest absolute Gasteiger partial charge is 0.386 e. The number of amides is 4. The summed E-state index contributed by atoms with van der Waals surface area (Å²) in [6, 6.07) is -3.69. The van der Waals surface area contributed by atoms with E-state index in [2.05, 4.69) is 58.5 Å². The van der Waals surface area contributed by atoms with Gasteiger partial charge in [0.05, 0.1) is 71.3 Å². The molecule has 24 N–H and O–H groups in total. The number of carbonyl (C=O) groups excluding carboxylic acids is 4. The van der Waals surface area contributed by atoms with E-state index in [1.807, 2.05) is 0 Å². The Balaban J connectivity index is 0.741. The maximum Gasteiger partial charge on any atom is 0.570 e. The molecule has 12 rings (SSSR count). The van der Waals surface area contributed by atoms with Gasteiger partial charge in [-0.25, -0.2) is 14.7 Å². The molecular weight excluding hydrogens is 1290 g/mol. The molecule has 504 valence electrons. The molecule has 0 bridgehead atoms. The zero-order valence-corrected chi connectivity index (χ0v) is 50.6. The predicted molar refractivity (Wildman–Crippen MR) is 290 cm³/mol. The topological polar surface area (TPSA) is 578 Å². The van der Waals surface area contributed by atoms with Crippen LogP contribution < -0.4 is 58.5 Å². The molecule has 0 aromatic heterocycles. The SMILES string of the molecule is CCC1OC(N2CNC3C(=O)NCNC32)C(O)C1O[P+](O)(O)OCC1OC(N2CNC3C(=O)NCNC32)C(O)C1O[P+](O)(O)OCC1OC(N2CNC3C(=O)NCNC32)C(O)C1O[P+](O)(O)OCC1OC(N2CNC3C(=O)NCCC32)C(O)C1O[P+](O)(O)O. The largest absolute Gasteiger partial charge is 0.570 e. The molecule has 47 heteroatoms. The van der Waals surface area contributed by atoms with E-state index in [9.17, 15) is 83.6 Å². The molecule has 89 heavy (non-hydrogen) atoms. The van der Waals surface area contributed by atoms with Gasteiger partial charge in [0.15, 0.2) is 24.4 Å². The number of aliphatic hydroxyl groups is 4. The predicted octanol–water partition coefficient (Wildman–Crippen LogP) is -13.2. The van der Waals surface area contributed by atoms with E-state index in [0.717, 1.165) is 0 Å². The van der Waals surface area contributed by atoms with Gasteiger partial charge in [-0.3, -0.25) is 61.3 Å². The number of hydrogen-bond donors (Lipinski definition) is 24. The summed E-state index contributed by atoms with van der Waals surface area (Å²) >= 11 is 0. The molecule has 0 saturated carbocycles. The van der Waals surface area contributed by atoms with Crippen LogP contribution in [0.1, 0.15) is 19.8 Å². The molecule has 12 aliphatic heterocycles. The van der Waals surface area contributed by atoms with Crippen molar-refractivity contribution in [3.63, 3.8) is 0 Å². The standard InChI is InChI=1S/C42H73N15O28P4/c1-2-16-28(24(58)40(78-16)55-12-51-21-32(55)44-8-47-36(21)63)83-87(69,70)76-6-18-30(26(60)41(80-18)56-13-52-22-33(56)45-9-48-37(22)64)85-89(73,74)77-7-19-31(27(61)42(81-19)57-14-53-23-34(57)46-10-49-38(23)65)84-88(71,72)75-5-17-29(82-86(66,67)68)25(59)39(79-17)54-11-50-20-15(54)3-4-43-35(20)62/h15-34,39-42,44-46,50-53,58-61,66-74H,2-14H2,1H3/p+4. The molecule has 0 aliphatic carbocycles. The maximum absolute atomic E-state index is 12.8. The highest BCUT2D eigenvalue weighted by Crippen LogP contribution is 2.60. The van der Waals surface area contributed by atoms with Gasteiger partial charge in [0.25, 0.3) is 0 Å². The summed E-state index contributed by atoms with van der Waals surface area (Å²) in [7, 11) is -20.9. The first-order chi connectivity index (χ1) is 42.2. The Morgan fingerprint density at radius 1 is 0.427 bits per heavy atom. The van der Waals surface area contributed by atoms with E-state index in [1.54, 1.807) is 16.7 Å². The summed E-state index contributed by atoms with van der Waals surface area (Å²) in [5, 5.41) is 78.9. The number of ether oxygens (including phenoxy) is 4. The van der Waals surface area contributed by atoms with Crippen LogP contribution in [0.3, 0.4) is 0 Å². The number of nitrogens with one attached hydrogen (secondary N) is 11. The fraction of sp³-hybridized carbons (Fsp3) is 0.905. The Labute approximate surface area is 507 Å². The van der Waals surface area contributed by atoms with Crippen molar-refractivity contribution >= 4 is 56.3 Å². The third kappa shape index (κ3) is 13.8. The second-order valence-electron chi connectivity index (χ2n) is 22.9. The fourth-order valence-corrected chi connectivity index (χ4v) is 17.0. The minimum absolute atomic E-state index is 0.00413. The van der Waals surface area contributed by atoms with Crippen molar-refractivity contribution in [1.29, 1.82) is 0 Å². The monoisotopic (exact) mass is 1360 g/mol. The average molecular weight is 1360 g/mol. The number of fused-ring (bicyclic) bond motifs is 4. The number of hydrogen-bond acceptors (Lipinski definition) is 39. The van der Waals surface area contributed by atoms with Gasteiger partial charge in [0.2, 0.25) is 23.6 Å².